The van der Waals surface area contributed by atoms with E-state index in [9.17, 15) is 18.0 Å². The maximum atomic E-state index is 13.0. The van der Waals surface area contributed by atoms with E-state index in [0.29, 0.717) is 22.5 Å². The maximum absolute atomic E-state index is 13.0. The minimum atomic E-state index is -3.78. The molecule has 164 valence electrons. The van der Waals surface area contributed by atoms with E-state index in [4.69, 9.17) is 0 Å². The van der Waals surface area contributed by atoms with E-state index in [2.05, 4.69) is 20.6 Å². The van der Waals surface area contributed by atoms with Crippen LogP contribution in [0.5, 0.6) is 0 Å². The van der Waals surface area contributed by atoms with Crippen LogP contribution < -0.4 is 10.6 Å². The smallest absolute Gasteiger partial charge is 0.255 e. The molecule has 9 heteroatoms. The summed E-state index contributed by atoms with van der Waals surface area (Å²) in [5.41, 5.74) is 1.81. The van der Waals surface area contributed by atoms with Crippen molar-refractivity contribution < 1.29 is 18.0 Å². The fraction of sp³-hybridized carbons (Fsp3) is 0. The first kappa shape index (κ1) is 21.8. The highest BCUT2D eigenvalue weighted by Crippen LogP contribution is 2.24. The molecule has 0 unspecified atom stereocenters. The zero-order valence-electron chi connectivity index (χ0n) is 17.2. The molecule has 0 radical (unpaired) electrons. The monoisotopic (exact) mass is 458 g/mol. The molecule has 2 heterocycles. The molecule has 0 aliphatic rings. The predicted octanol–water partition coefficient (Wildman–Crippen LogP) is 3.81. The number of carbonyl (C=O) groups excluding carboxylic acids is 2. The third-order valence-corrected chi connectivity index (χ3v) is 6.52. The Balaban J connectivity index is 1.45. The van der Waals surface area contributed by atoms with Gasteiger partial charge in [0.25, 0.3) is 11.8 Å². The number of pyridine rings is 2. The molecule has 2 amide bonds. The summed E-state index contributed by atoms with van der Waals surface area (Å²) in [6, 6.07) is 18.1. The van der Waals surface area contributed by atoms with Crippen LogP contribution >= 0.6 is 0 Å². The van der Waals surface area contributed by atoms with E-state index in [1.165, 1.54) is 73.3 Å². The SMILES string of the molecule is O=C(Nc1ccc(S(=O)(=O)c2ccc(NC(=O)c3ccncc3)cc2)cc1)c1ccncc1. The molecule has 2 aromatic carbocycles. The Bertz CT molecular complexity index is 1270. The van der Waals surface area contributed by atoms with E-state index in [1.807, 2.05) is 0 Å². The number of hydrogen-bond donors (Lipinski definition) is 2. The Morgan fingerprint density at radius 2 is 0.879 bits per heavy atom. The van der Waals surface area contributed by atoms with Crippen molar-refractivity contribution >= 4 is 33.0 Å². The highest BCUT2D eigenvalue weighted by Gasteiger charge is 2.18. The summed E-state index contributed by atoms with van der Waals surface area (Å²) in [7, 11) is -3.78. The Kier molecular flexibility index (Phi) is 6.23. The number of sulfone groups is 1. The standard InChI is InChI=1S/C24H18N4O4S/c29-23(17-9-13-25-14-10-17)27-19-1-5-21(6-2-19)33(31,32)22-7-3-20(4-8-22)28-24(30)18-11-15-26-16-12-18/h1-16H,(H,27,29)(H,28,30). The number of benzene rings is 2. The third kappa shape index (κ3) is 5.10. The fourth-order valence-corrected chi connectivity index (χ4v) is 4.24. The molecule has 2 N–H and O–H groups in total. The Labute approximate surface area is 190 Å². The average molecular weight is 458 g/mol. The average Bonchev–Trinajstić information content (AvgIpc) is 2.86. The Morgan fingerprint density at radius 3 is 1.21 bits per heavy atom. The highest BCUT2D eigenvalue weighted by atomic mass is 32.2. The summed E-state index contributed by atoms with van der Waals surface area (Å²) >= 11 is 0. The van der Waals surface area contributed by atoms with Gasteiger partial charge in [-0.2, -0.15) is 0 Å². The summed E-state index contributed by atoms with van der Waals surface area (Å²) < 4.78 is 25.9. The van der Waals surface area contributed by atoms with Gasteiger partial charge in [0.1, 0.15) is 0 Å². The highest BCUT2D eigenvalue weighted by molar-refractivity contribution is 7.91. The van der Waals surface area contributed by atoms with Crippen molar-refractivity contribution in [3.8, 4) is 0 Å². The molecule has 2 aromatic heterocycles. The van der Waals surface area contributed by atoms with Gasteiger partial charge in [-0.25, -0.2) is 8.42 Å². The minimum Gasteiger partial charge on any atom is -0.322 e. The van der Waals surface area contributed by atoms with Gasteiger partial charge in [0.15, 0.2) is 0 Å². The molecule has 0 aliphatic carbocycles. The van der Waals surface area contributed by atoms with Gasteiger partial charge < -0.3 is 10.6 Å². The van der Waals surface area contributed by atoms with Gasteiger partial charge in [-0.3, -0.25) is 19.6 Å². The summed E-state index contributed by atoms with van der Waals surface area (Å²) in [6.07, 6.45) is 6.06. The van der Waals surface area contributed by atoms with E-state index in [0.717, 1.165) is 0 Å². The number of nitrogens with zero attached hydrogens (tertiary/aromatic N) is 2. The molecule has 0 saturated carbocycles. The molecular weight excluding hydrogens is 440 g/mol. The third-order valence-electron chi connectivity index (χ3n) is 4.73. The van der Waals surface area contributed by atoms with Gasteiger partial charge in [0.2, 0.25) is 9.84 Å². The number of amides is 2. The summed E-state index contributed by atoms with van der Waals surface area (Å²) in [4.78, 5) is 32.3. The van der Waals surface area contributed by atoms with Crippen LogP contribution in [0, 0.1) is 0 Å². The Hall–Kier alpha value is -4.37. The molecule has 0 aliphatic heterocycles. The molecular formula is C24H18N4O4S. The second-order valence-corrected chi connectivity index (χ2v) is 8.88. The van der Waals surface area contributed by atoms with Crippen molar-refractivity contribution in [2.75, 3.05) is 10.6 Å². The first-order valence-corrected chi connectivity index (χ1v) is 11.3. The van der Waals surface area contributed by atoms with E-state index in [-0.39, 0.29) is 21.6 Å². The number of aromatic nitrogens is 2. The van der Waals surface area contributed by atoms with Gasteiger partial charge in [-0.05, 0) is 72.8 Å². The topological polar surface area (TPSA) is 118 Å². The number of rotatable bonds is 6. The van der Waals surface area contributed by atoms with Crippen molar-refractivity contribution in [1.82, 2.24) is 9.97 Å². The van der Waals surface area contributed by atoms with Crippen molar-refractivity contribution in [3.63, 3.8) is 0 Å². The van der Waals surface area contributed by atoms with Gasteiger partial charge in [-0.1, -0.05) is 0 Å². The fourth-order valence-electron chi connectivity index (χ4n) is 2.98. The van der Waals surface area contributed by atoms with Crippen LogP contribution in [-0.2, 0) is 9.84 Å². The lowest BCUT2D eigenvalue weighted by Gasteiger charge is -2.09. The molecule has 33 heavy (non-hydrogen) atoms. The largest absolute Gasteiger partial charge is 0.322 e. The quantitative estimate of drug-likeness (QED) is 0.454. The van der Waals surface area contributed by atoms with E-state index < -0.39 is 9.84 Å². The lowest BCUT2D eigenvalue weighted by atomic mass is 10.2. The number of anilines is 2. The van der Waals surface area contributed by atoms with Gasteiger partial charge in [0.05, 0.1) is 9.79 Å². The second-order valence-electron chi connectivity index (χ2n) is 6.93. The van der Waals surface area contributed by atoms with Crippen LogP contribution in [-0.4, -0.2) is 30.2 Å². The van der Waals surface area contributed by atoms with E-state index in [1.54, 1.807) is 24.3 Å². The zero-order chi connectivity index (χ0) is 23.3. The number of carbonyl (C=O) groups is 2. The van der Waals surface area contributed by atoms with Crippen LogP contribution in [0.25, 0.3) is 0 Å². The van der Waals surface area contributed by atoms with Gasteiger partial charge in [0, 0.05) is 47.3 Å². The predicted molar refractivity (Wildman–Crippen MR) is 123 cm³/mol. The molecule has 0 spiro atoms. The molecule has 4 aromatic rings. The minimum absolute atomic E-state index is 0.0815. The molecule has 4 rings (SSSR count). The summed E-state index contributed by atoms with van der Waals surface area (Å²) in [5, 5.41) is 5.42. The molecule has 0 bridgehead atoms. The van der Waals surface area contributed by atoms with E-state index >= 15 is 0 Å². The van der Waals surface area contributed by atoms with Gasteiger partial charge in [-0.15, -0.1) is 0 Å². The molecule has 0 atom stereocenters. The summed E-state index contributed by atoms with van der Waals surface area (Å²) in [5.74, 6) is -0.644. The molecule has 8 nitrogen and oxygen atoms in total. The molecule has 0 fully saturated rings. The van der Waals surface area contributed by atoms with Crippen molar-refractivity contribution in [2.45, 2.75) is 9.79 Å². The van der Waals surface area contributed by atoms with Crippen molar-refractivity contribution in [3.05, 3.63) is 109 Å². The number of hydrogen-bond acceptors (Lipinski definition) is 6. The van der Waals surface area contributed by atoms with Crippen molar-refractivity contribution in [1.29, 1.82) is 0 Å². The first-order chi connectivity index (χ1) is 15.9. The van der Waals surface area contributed by atoms with Crippen LogP contribution in [0.15, 0.2) is 107 Å². The second kappa shape index (κ2) is 9.41. The molecule has 0 saturated heterocycles. The lowest BCUT2D eigenvalue weighted by Crippen LogP contribution is -2.12. The lowest BCUT2D eigenvalue weighted by molar-refractivity contribution is 0.101. The van der Waals surface area contributed by atoms with Crippen LogP contribution in [0.3, 0.4) is 0 Å². The zero-order valence-corrected chi connectivity index (χ0v) is 18.0. The van der Waals surface area contributed by atoms with Crippen molar-refractivity contribution in [2.24, 2.45) is 0 Å². The number of nitrogens with one attached hydrogen (secondary N) is 2. The summed E-state index contributed by atoms with van der Waals surface area (Å²) in [6.45, 7) is 0. The van der Waals surface area contributed by atoms with Crippen LogP contribution in [0.1, 0.15) is 20.7 Å². The maximum Gasteiger partial charge on any atom is 0.255 e. The van der Waals surface area contributed by atoms with Crippen LogP contribution in [0.4, 0.5) is 11.4 Å². The normalized spacial score (nSPS) is 10.9. The van der Waals surface area contributed by atoms with Gasteiger partial charge >= 0.3 is 0 Å². The Morgan fingerprint density at radius 1 is 0.545 bits per heavy atom. The van der Waals surface area contributed by atoms with Crippen LogP contribution in [0.2, 0.25) is 0 Å². The first-order valence-electron chi connectivity index (χ1n) is 9.81.